The number of methoxy groups -OCH3 is 1. The van der Waals surface area contributed by atoms with Gasteiger partial charge in [0.15, 0.2) is 5.78 Å². The van der Waals surface area contributed by atoms with Crippen LogP contribution in [0.3, 0.4) is 0 Å². The molecule has 2 nitrogen and oxygen atoms in total. The fourth-order valence-corrected chi connectivity index (χ4v) is 2.23. The minimum atomic E-state index is -0.0605. The number of benzene rings is 2. The molecular weight excluding hydrogens is 284 g/mol. The van der Waals surface area contributed by atoms with Gasteiger partial charge in [-0.15, -0.1) is 0 Å². The zero-order chi connectivity index (χ0) is 15.6. The molecule has 0 saturated heterocycles. The van der Waals surface area contributed by atoms with Crippen molar-refractivity contribution in [1.29, 1.82) is 0 Å². The van der Waals surface area contributed by atoms with Gasteiger partial charge in [0, 0.05) is 10.6 Å². The van der Waals surface area contributed by atoms with Crippen molar-refractivity contribution in [3.8, 4) is 5.75 Å². The van der Waals surface area contributed by atoms with E-state index >= 15 is 0 Å². The van der Waals surface area contributed by atoms with Crippen molar-refractivity contribution < 1.29 is 9.53 Å². The van der Waals surface area contributed by atoms with Crippen LogP contribution in [0.4, 0.5) is 0 Å². The first-order valence-electron chi connectivity index (χ1n) is 6.81. The summed E-state index contributed by atoms with van der Waals surface area (Å²) in [7, 11) is 1.57. The minimum Gasteiger partial charge on any atom is -0.496 e. The van der Waals surface area contributed by atoms with Gasteiger partial charge in [-0.3, -0.25) is 4.79 Å². The van der Waals surface area contributed by atoms with Crippen LogP contribution in [0.2, 0.25) is 5.02 Å². The molecule has 0 bridgehead atoms. The van der Waals surface area contributed by atoms with Crippen LogP contribution >= 0.6 is 11.6 Å². The molecule has 3 heteroatoms. The number of rotatable bonds is 3. The third-order valence-corrected chi connectivity index (χ3v) is 3.67. The van der Waals surface area contributed by atoms with Gasteiger partial charge in [0.1, 0.15) is 5.75 Å². The highest BCUT2D eigenvalue weighted by Gasteiger charge is 2.20. The molecule has 0 radical (unpaired) electrons. The van der Waals surface area contributed by atoms with Crippen LogP contribution in [0.5, 0.6) is 5.75 Å². The second-order valence-electron chi connectivity index (χ2n) is 6.00. The Morgan fingerprint density at radius 1 is 1.05 bits per heavy atom. The van der Waals surface area contributed by atoms with E-state index in [-0.39, 0.29) is 11.2 Å². The van der Waals surface area contributed by atoms with Crippen LogP contribution < -0.4 is 4.74 Å². The molecular formula is C18H19ClO2. The van der Waals surface area contributed by atoms with E-state index in [1.165, 1.54) is 0 Å². The maximum Gasteiger partial charge on any atom is 0.196 e. The lowest BCUT2D eigenvalue weighted by molar-refractivity contribution is 0.103. The number of ketones is 1. The standard InChI is InChI=1S/C18H19ClO2/c1-18(2,3)13-7-10-16(21-4)15(11-13)17(20)12-5-8-14(19)9-6-12/h5-11H,1-4H3. The van der Waals surface area contributed by atoms with Crippen LogP contribution in [0, 0.1) is 0 Å². The predicted octanol–water partition coefficient (Wildman–Crippen LogP) is 4.88. The third kappa shape index (κ3) is 3.45. The first kappa shape index (κ1) is 15.6. The van der Waals surface area contributed by atoms with Crippen LogP contribution in [0.1, 0.15) is 42.3 Å². The zero-order valence-corrected chi connectivity index (χ0v) is 13.5. The molecule has 0 aliphatic heterocycles. The number of hydrogen-bond donors (Lipinski definition) is 0. The lowest BCUT2D eigenvalue weighted by Crippen LogP contribution is -2.13. The monoisotopic (exact) mass is 302 g/mol. The fraction of sp³-hybridized carbons (Fsp3) is 0.278. The summed E-state index contributed by atoms with van der Waals surface area (Å²) < 4.78 is 5.33. The second-order valence-corrected chi connectivity index (χ2v) is 6.44. The Labute approximate surface area is 130 Å². The quantitative estimate of drug-likeness (QED) is 0.756. The average molecular weight is 303 g/mol. The predicted molar refractivity (Wildman–Crippen MR) is 86.6 cm³/mol. The molecule has 21 heavy (non-hydrogen) atoms. The molecule has 110 valence electrons. The highest BCUT2D eigenvalue weighted by molar-refractivity contribution is 6.30. The molecule has 0 atom stereocenters. The second kappa shape index (κ2) is 5.90. The molecule has 0 spiro atoms. The largest absolute Gasteiger partial charge is 0.496 e. The molecule has 2 aromatic rings. The zero-order valence-electron chi connectivity index (χ0n) is 12.7. The van der Waals surface area contributed by atoms with Gasteiger partial charge in [-0.1, -0.05) is 38.4 Å². The van der Waals surface area contributed by atoms with E-state index in [0.29, 0.717) is 21.9 Å². The summed E-state index contributed by atoms with van der Waals surface area (Å²) in [5.74, 6) is 0.526. The average Bonchev–Trinajstić information content (AvgIpc) is 2.45. The number of carbonyl (C=O) groups excluding carboxylic acids is 1. The van der Waals surface area contributed by atoms with E-state index in [2.05, 4.69) is 20.8 Å². The van der Waals surface area contributed by atoms with Crippen LogP contribution in [-0.4, -0.2) is 12.9 Å². The minimum absolute atomic E-state index is 0.0265. The van der Waals surface area contributed by atoms with Crippen molar-refractivity contribution >= 4 is 17.4 Å². The topological polar surface area (TPSA) is 26.3 Å². The number of carbonyl (C=O) groups is 1. The van der Waals surface area contributed by atoms with Crippen molar-refractivity contribution in [2.24, 2.45) is 0 Å². The molecule has 0 amide bonds. The first-order valence-corrected chi connectivity index (χ1v) is 7.19. The normalized spacial score (nSPS) is 11.3. The molecule has 0 heterocycles. The summed E-state index contributed by atoms with van der Waals surface area (Å²) in [6, 6.07) is 12.7. The number of halogens is 1. The molecule has 0 saturated carbocycles. The van der Waals surface area contributed by atoms with E-state index in [9.17, 15) is 4.79 Å². The maximum atomic E-state index is 12.7. The summed E-state index contributed by atoms with van der Waals surface area (Å²) in [6.07, 6.45) is 0. The summed E-state index contributed by atoms with van der Waals surface area (Å²) in [5.41, 5.74) is 2.25. The number of ether oxygens (including phenoxy) is 1. The van der Waals surface area contributed by atoms with Gasteiger partial charge in [-0.05, 0) is 47.4 Å². The van der Waals surface area contributed by atoms with Gasteiger partial charge in [0.2, 0.25) is 0 Å². The SMILES string of the molecule is COc1ccc(C(C)(C)C)cc1C(=O)c1ccc(Cl)cc1. The van der Waals surface area contributed by atoms with E-state index in [1.54, 1.807) is 31.4 Å². The van der Waals surface area contributed by atoms with Crippen molar-refractivity contribution in [1.82, 2.24) is 0 Å². The summed E-state index contributed by atoms with van der Waals surface area (Å²) in [6.45, 7) is 6.35. The van der Waals surface area contributed by atoms with Gasteiger partial charge in [0.05, 0.1) is 12.7 Å². The third-order valence-electron chi connectivity index (χ3n) is 3.42. The molecule has 0 aliphatic rings. The Morgan fingerprint density at radius 2 is 1.67 bits per heavy atom. The fourth-order valence-electron chi connectivity index (χ4n) is 2.11. The summed E-state index contributed by atoms with van der Waals surface area (Å²) >= 11 is 5.87. The molecule has 0 aromatic heterocycles. The lowest BCUT2D eigenvalue weighted by atomic mass is 9.85. The molecule has 0 N–H and O–H groups in total. The van der Waals surface area contributed by atoms with Crippen molar-refractivity contribution in [2.45, 2.75) is 26.2 Å². The smallest absolute Gasteiger partial charge is 0.196 e. The van der Waals surface area contributed by atoms with Crippen LogP contribution in [-0.2, 0) is 5.41 Å². The summed E-state index contributed by atoms with van der Waals surface area (Å²) in [4.78, 5) is 12.7. The van der Waals surface area contributed by atoms with Crippen molar-refractivity contribution in [3.05, 3.63) is 64.2 Å². The van der Waals surface area contributed by atoms with E-state index in [4.69, 9.17) is 16.3 Å². The molecule has 0 unspecified atom stereocenters. The highest BCUT2D eigenvalue weighted by atomic mass is 35.5. The first-order chi connectivity index (χ1) is 9.82. The Morgan fingerprint density at radius 3 is 2.19 bits per heavy atom. The van der Waals surface area contributed by atoms with E-state index < -0.39 is 0 Å². The van der Waals surface area contributed by atoms with Crippen molar-refractivity contribution in [3.63, 3.8) is 0 Å². The lowest BCUT2D eigenvalue weighted by Gasteiger charge is -2.20. The molecule has 2 aromatic carbocycles. The van der Waals surface area contributed by atoms with Gasteiger partial charge in [-0.2, -0.15) is 0 Å². The van der Waals surface area contributed by atoms with E-state index in [1.807, 2.05) is 18.2 Å². The Balaban J connectivity index is 2.50. The highest BCUT2D eigenvalue weighted by Crippen LogP contribution is 2.29. The molecule has 2 rings (SSSR count). The summed E-state index contributed by atoms with van der Waals surface area (Å²) in [5, 5.41) is 0.613. The van der Waals surface area contributed by atoms with Crippen LogP contribution in [0.15, 0.2) is 42.5 Å². The van der Waals surface area contributed by atoms with Gasteiger partial charge in [-0.25, -0.2) is 0 Å². The Hall–Kier alpha value is -1.80. The Bertz CT molecular complexity index is 652. The number of hydrogen-bond acceptors (Lipinski definition) is 2. The van der Waals surface area contributed by atoms with Gasteiger partial charge < -0.3 is 4.74 Å². The maximum absolute atomic E-state index is 12.7. The van der Waals surface area contributed by atoms with Crippen LogP contribution in [0.25, 0.3) is 0 Å². The molecule has 0 aliphatic carbocycles. The van der Waals surface area contributed by atoms with Gasteiger partial charge >= 0.3 is 0 Å². The van der Waals surface area contributed by atoms with Crippen molar-refractivity contribution in [2.75, 3.05) is 7.11 Å². The Kier molecular flexibility index (Phi) is 4.38. The molecule has 0 fully saturated rings. The van der Waals surface area contributed by atoms with E-state index in [0.717, 1.165) is 5.56 Å². The van der Waals surface area contributed by atoms with Gasteiger partial charge in [0.25, 0.3) is 0 Å².